The van der Waals surface area contributed by atoms with Crippen LogP contribution in [0.4, 0.5) is 0 Å². The smallest absolute Gasteiger partial charge is 0.425 e. The minimum Gasteiger partial charge on any atom is -0.478 e. The van der Waals surface area contributed by atoms with Gasteiger partial charge in [-0.3, -0.25) is 0 Å². The second kappa shape index (κ2) is 5.87. The second-order valence-electron chi connectivity index (χ2n) is 2.32. The summed E-state index contributed by atoms with van der Waals surface area (Å²) in [6.45, 7) is 1.78. The second-order valence-corrected chi connectivity index (χ2v) is 2.73. The molecule has 5 nitrogen and oxygen atoms in total. The van der Waals surface area contributed by atoms with Gasteiger partial charge in [0.15, 0.2) is 0 Å². The van der Waals surface area contributed by atoms with Crippen LogP contribution in [0.3, 0.4) is 0 Å². The molecule has 0 heterocycles. The lowest BCUT2D eigenvalue weighted by Gasteiger charge is -1.96. The van der Waals surface area contributed by atoms with Crippen LogP contribution in [0.1, 0.15) is 15.9 Å². The topological polar surface area (TPSA) is 88.5 Å². The van der Waals surface area contributed by atoms with Crippen LogP contribution in [0, 0.1) is 6.92 Å². The summed E-state index contributed by atoms with van der Waals surface area (Å²) in [6, 6.07) is 6.92. The van der Waals surface area contributed by atoms with Crippen molar-refractivity contribution >= 4 is 16.6 Å². The van der Waals surface area contributed by atoms with Gasteiger partial charge in [-0.1, -0.05) is 18.2 Å². The Bertz CT molecular complexity index is 413. The normalized spacial score (nSPS) is 8.36. The lowest BCUT2D eigenvalue weighted by molar-refractivity contribution is 0.0696. The lowest BCUT2D eigenvalue weighted by atomic mass is 10.1. The van der Waals surface area contributed by atoms with Crippen LogP contribution in [0.2, 0.25) is 0 Å². The third-order valence-corrected chi connectivity index (χ3v) is 1.38. The van der Waals surface area contributed by atoms with Crippen molar-refractivity contribution in [2.24, 2.45) is 0 Å². The summed E-state index contributed by atoms with van der Waals surface area (Å²) in [4.78, 5) is 10.4. The molecule has 0 fully saturated rings. The van der Waals surface area contributed by atoms with Crippen molar-refractivity contribution in [2.75, 3.05) is 0 Å². The number of carboxylic acids is 1. The van der Waals surface area contributed by atoms with E-state index in [2.05, 4.69) is 0 Å². The van der Waals surface area contributed by atoms with E-state index in [1.54, 1.807) is 25.1 Å². The molecule has 0 amide bonds. The maximum atomic E-state index is 10.4. The summed E-state index contributed by atoms with van der Waals surface area (Å²) in [5.41, 5.74) is 1.18. The van der Waals surface area contributed by atoms with E-state index >= 15 is 0 Å². The Labute approximate surface area is 82.1 Å². The van der Waals surface area contributed by atoms with Crippen molar-refractivity contribution in [3.8, 4) is 0 Å². The third-order valence-electron chi connectivity index (χ3n) is 1.38. The summed E-state index contributed by atoms with van der Waals surface area (Å²) in [5, 5.41) is 8.57. The number of carbonyl (C=O) groups is 1. The van der Waals surface area contributed by atoms with E-state index in [1.165, 1.54) is 0 Å². The highest BCUT2D eigenvalue weighted by molar-refractivity contribution is 7.59. The Morgan fingerprint density at radius 2 is 1.64 bits per heavy atom. The van der Waals surface area contributed by atoms with Gasteiger partial charge in [0.1, 0.15) is 0 Å². The van der Waals surface area contributed by atoms with E-state index in [1.807, 2.05) is 6.07 Å². The molecule has 0 aliphatic carbocycles. The molecule has 0 saturated carbocycles. The Morgan fingerprint density at radius 3 is 1.93 bits per heavy atom. The lowest BCUT2D eigenvalue weighted by Crippen LogP contribution is -1.97. The zero-order chi connectivity index (χ0) is 11.1. The first-order chi connectivity index (χ1) is 6.45. The first-order valence-electron chi connectivity index (χ1n) is 3.51. The van der Waals surface area contributed by atoms with E-state index in [9.17, 15) is 4.79 Å². The highest BCUT2D eigenvalue weighted by Crippen LogP contribution is 2.05. The molecule has 1 N–H and O–H groups in total. The van der Waals surface area contributed by atoms with Crippen molar-refractivity contribution < 1.29 is 22.5 Å². The monoisotopic (exact) mass is 216 g/mol. The summed E-state index contributed by atoms with van der Waals surface area (Å²) in [6.07, 6.45) is 0. The molecular weight excluding hydrogens is 208 g/mol. The Balaban J connectivity index is 0.000000364. The number of hydrogen-bond acceptors (Lipinski definition) is 4. The van der Waals surface area contributed by atoms with Crippen molar-refractivity contribution in [1.82, 2.24) is 0 Å². The predicted octanol–water partition coefficient (Wildman–Crippen LogP) is 0.689. The van der Waals surface area contributed by atoms with Gasteiger partial charge in [0.2, 0.25) is 0 Å². The molecule has 0 bridgehead atoms. The number of benzene rings is 1. The quantitative estimate of drug-likeness (QED) is 0.746. The number of aryl methyl sites for hydroxylation is 1. The molecule has 1 rings (SSSR count). The molecule has 76 valence electrons. The van der Waals surface area contributed by atoms with E-state index < -0.39 is 16.6 Å². The molecule has 1 aromatic carbocycles. The Kier molecular flexibility index (Phi) is 5.16. The van der Waals surface area contributed by atoms with Gasteiger partial charge in [-0.25, -0.2) is 4.79 Å². The maximum Gasteiger partial charge on any atom is 0.425 e. The van der Waals surface area contributed by atoms with Gasteiger partial charge in [-0.05, 0) is 18.6 Å². The van der Waals surface area contributed by atoms with E-state index in [0.717, 1.165) is 5.56 Å². The largest absolute Gasteiger partial charge is 0.478 e. The van der Waals surface area contributed by atoms with Crippen LogP contribution in [-0.2, 0) is 10.6 Å². The van der Waals surface area contributed by atoms with Crippen LogP contribution in [0.15, 0.2) is 24.3 Å². The molecule has 0 unspecified atom stereocenters. The van der Waals surface area contributed by atoms with E-state index in [4.69, 9.17) is 17.7 Å². The highest BCUT2D eigenvalue weighted by atomic mass is 32.2. The highest BCUT2D eigenvalue weighted by Gasteiger charge is 2.02. The number of carboxylic acid groups (broad SMARTS) is 1. The molecule has 0 aliphatic heterocycles. The van der Waals surface area contributed by atoms with Crippen molar-refractivity contribution in [3.63, 3.8) is 0 Å². The molecule has 0 aromatic heterocycles. The van der Waals surface area contributed by atoms with Crippen LogP contribution in [0.25, 0.3) is 0 Å². The van der Waals surface area contributed by atoms with Gasteiger partial charge >= 0.3 is 16.6 Å². The van der Waals surface area contributed by atoms with Gasteiger partial charge in [-0.15, -0.1) is 12.6 Å². The Morgan fingerprint density at radius 1 is 1.21 bits per heavy atom. The standard InChI is InChI=1S/C8H8O2.O3S/c1-6-4-2-3-5-7(6)8(9)10;1-4(2)3/h2-5H,1H3,(H,9,10);. The average molecular weight is 216 g/mol. The fraction of sp³-hybridized carbons (Fsp3) is 0.125. The molecule has 1 aromatic rings. The summed E-state index contributed by atoms with van der Waals surface area (Å²) < 4.78 is 25.3. The first-order valence-corrected chi connectivity index (χ1v) is 4.51. The minimum absolute atomic E-state index is 0.377. The van der Waals surface area contributed by atoms with Gasteiger partial charge in [-0.2, -0.15) is 0 Å². The molecule has 0 radical (unpaired) electrons. The molecule has 14 heavy (non-hydrogen) atoms. The Hall–Kier alpha value is -1.69. The zero-order valence-corrected chi connectivity index (χ0v) is 8.11. The first kappa shape index (κ1) is 12.3. The van der Waals surface area contributed by atoms with Crippen LogP contribution in [-0.4, -0.2) is 23.7 Å². The van der Waals surface area contributed by atoms with Crippen molar-refractivity contribution in [3.05, 3.63) is 35.4 Å². The van der Waals surface area contributed by atoms with Gasteiger partial charge in [0, 0.05) is 0 Å². The molecule has 6 heteroatoms. The molecule has 0 aliphatic rings. The predicted molar refractivity (Wildman–Crippen MR) is 47.8 cm³/mol. The molecule has 0 atom stereocenters. The van der Waals surface area contributed by atoms with E-state index in [0.29, 0.717) is 5.56 Å². The maximum absolute atomic E-state index is 10.4. The van der Waals surface area contributed by atoms with E-state index in [-0.39, 0.29) is 0 Å². The number of hydrogen-bond donors (Lipinski definition) is 1. The number of rotatable bonds is 1. The number of aromatic carboxylic acids is 1. The van der Waals surface area contributed by atoms with Gasteiger partial charge < -0.3 is 5.11 Å². The molecule has 0 spiro atoms. The molecule has 0 saturated heterocycles. The van der Waals surface area contributed by atoms with Crippen LogP contribution < -0.4 is 0 Å². The zero-order valence-electron chi connectivity index (χ0n) is 7.30. The van der Waals surface area contributed by atoms with Gasteiger partial charge in [0.25, 0.3) is 0 Å². The molecular formula is C8H8O5S. The van der Waals surface area contributed by atoms with Crippen molar-refractivity contribution in [1.29, 1.82) is 0 Å². The van der Waals surface area contributed by atoms with Crippen LogP contribution in [0.5, 0.6) is 0 Å². The average Bonchev–Trinajstić information content (AvgIpc) is 2.03. The third kappa shape index (κ3) is 5.04. The van der Waals surface area contributed by atoms with Gasteiger partial charge in [0.05, 0.1) is 5.56 Å². The summed E-state index contributed by atoms with van der Waals surface area (Å²) in [7, 11) is -3.11. The minimum atomic E-state index is -3.11. The fourth-order valence-electron chi connectivity index (χ4n) is 0.813. The SMILES string of the molecule is Cc1ccccc1C(=O)O.O=S(=O)=O. The summed E-state index contributed by atoms with van der Waals surface area (Å²) >= 11 is 0. The fourth-order valence-corrected chi connectivity index (χ4v) is 0.813. The van der Waals surface area contributed by atoms with Crippen molar-refractivity contribution in [2.45, 2.75) is 6.92 Å². The van der Waals surface area contributed by atoms with Crippen LogP contribution >= 0.6 is 0 Å². The summed E-state index contributed by atoms with van der Waals surface area (Å²) in [5.74, 6) is -0.863.